The van der Waals surface area contributed by atoms with Gasteiger partial charge < -0.3 is 0 Å². The zero-order valence-corrected chi connectivity index (χ0v) is 36.0. The van der Waals surface area contributed by atoms with E-state index in [1.165, 1.54) is 25.7 Å². The van der Waals surface area contributed by atoms with Crippen LogP contribution in [0.2, 0.25) is 0 Å². The normalized spacial score (nSPS) is 48.3. The van der Waals surface area contributed by atoms with E-state index in [-0.39, 0.29) is 0 Å². The maximum Gasteiger partial charge on any atom is -0.0198 e. The lowest BCUT2D eigenvalue weighted by Crippen LogP contribution is -2.65. The molecule has 0 aromatic carbocycles. The highest BCUT2D eigenvalue weighted by Gasteiger charge is 2.85. The molecule has 0 aliphatic heterocycles. The SMILES string of the molecule is CC.CC.CC.CC.CC.CCC1C(C)C(C(C)C)C2C3C4C(C)C5C(C)C(CC(C)C)CCC5C(C)C4(C)C(C)C1(C)C23C. The van der Waals surface area contributed by atoms with Crippen LogP contribution in [0.15, 0.2) is 0 Å². The van der Waals surface area contributed by atoms with E-state index in [9.17, 15) is 0 Å². The summed E-state index contributed by atoms with van der Waals surface area (Å²) in [4.78, 5) is 0. The second-order valence-electron chi connectivity index (χ2n) is 16.6. The van der Waals surface area contributed by atoms with E-state index in [2.05, 4.69) is 90.0 Å². The molecule has 0 saturated heterocycles. The molecular formula is C45H92. The second-order valence-corrected chi connectivity index (χ2v) is 16.6. The molecule has 0 aromatic rings. The largest absolute Gasteiger partial charge is 0.0683 e. The molecule has 5 saturated carbocycles. The van der Waals surface area contributed by atoms with Gasteiger partial charge >= 0.3 is 0 Å². The van der Waals surface area contributed by atoms with Crippen molar-refractivity contribution >= 4 is 0 Å². The monoisotopic (exact) mass is 633 g/mol. The summed E-state index contributed by atoms with van der Waals surface area (Å²) in [6.07, 6.45) is 5.84. The van der Waals surface area contributed by atoms with Crippen LogP contribution in [-0.2, 0) is 0 Å². The van der Waals surface area contributed by atoms with E-state index in [0.29, 0.717) is 16.2 Å². The zero-order valence-electron chi connectivity index (χ0n) is 36.0. The third kappa shape index (κ3) is 6.65. The van der Waals surface area contributed by atoms with Gasteiger partial charge in [0.1, 0.15) is 0 Å². The van der Waals surface area contributed by atoms with Crippen LogP contribution in [0.5, 0.6) is 0 Å². The maximum atomic E-state index is 2.84. The van der Waals surface area contributed by atoms with Crippen molar-refractivity contribution in [3.8, 4) is 0 Å². The van der Waals surface area contributed by atoms with Crippen molar-refractivity contribution in [1.82, 2.24) is 0 Å². The fraction of sp³-hybridized carbons (Fsp3) is 1.00. The van der Waals surface area contributed by atoms with Crippen molar-refractivity contribution < 1.29 is 0 Å². The summed E-state index contributed by atoms with van der Waals surface area (Å²) in [5, 5.41) is 0. The summed E-state index contributed by atoms with van der Waals surface area (Å²) in [5.41, 5.74) is 1.56. The van der Waals surface area contributed by atoms with Crippen molar-refractivity contribution in [3.63, 3.8) is 0 Å². The van der Waals surface area contributed by atoms with Crippen molar-refractivity contribution in [3.05, 3.63) is 0 Å². The third-order valence-corrected chi connectivity index (χ3v) is 15.7. The predicted octanol–water partition coefficient (Wildman–Crippen LogP) is 15.2. The average molecular weight is 633 g/mol. The number of fused-ring (bicyclic) bond motifs is 4. The minimum atomic E-state index is 0.494. The van der Waals surface area contributed by atoms with Crippen LogP contribution in [0.1, 0.15) is 185 Å². The summed E-state index contributed by atoms with van der Waals surface area (Å²) < 4.78 is 0. The van der Waals surface area contributed by atoms with Gasteiger partial charge in [-0.05, 0) is 124 Å². The lowest BCUT2D eigenvalue weighted by Gasteiger charge is -2.70. The van der Waals surface area contributed by atoms with E-state index >= 15 is 0 Å². The van der Waals surface area contributed by atoms with E-state index in [0.717, 1.165) is 88.8 Å². The Morgan fingerprint density at radius 3 is 1.51 bits per heavy atom. The number of hydrogen-bond acceptors (Lipinski definition) is 0. The van der Waals surface area contributed by atoms with Crippen molar-refractivity contribution in [2.24, 2.45) is 105 Å². The molecule has 0 amide bonds. The molecule has 5 aliphatic carbocycles. The Labute approximate surface area is 289 Å². The van der Waals surface area contributed by atoms with Gasteiger partial charge in [-0.25, -0.2) is 0 Å². The Kier molecular flexibility index (Phi) is 18.1. The third-order valence-electron chi connectivity index (χ3n) is 15.7. The predicted molar refractivity (Wildman–Crippen MR) is 209 cm³/mol. The summed E-state index contributed by atoms with van der Waals surface area (Å²) in [7, 11) is 0. The number of rotatable bonds is 4. The average Bonchev–Trinajstić information content (AvgIpc) is 3.66. The van der Waals surface area contributed by atoms with E-state index in [1.54, 1.807) is 0 Å². The van der Waals surface area contributed by atoms with Gasteiger partial charge in [-0.1, -0.05) is 166 Å². The molecule has 0 heteroatoms. The van der Waals surface area contributed by atoms with Gasteiger partial charge in [0.25, 0.3) is 0 Å². The Bertz CT molecular complexity index is 809. The van der Waals surface area contributed by atoms with Crippen LogP contribution >= 0.6 is 0 Å². The minimum Gasteiger partial charge on any atom is -0.0683 e. The highest BCUT2D eigenvalue weighted by Crippen LogP contribution is 2.89. The first-order valence-electron chi connectivity index (χ1n) is 21.2. The molecule has 16 atom stereocenters. The van der Waals surface area contributed by atoms with Crippen LogP contribution in [0, 0.1) is 105 Å². The molecule has 0 N–H and O–H groups in total. The highest BCUT2D eigenvalue weighted by molar-refractivity contribution is 5.32. The fourth-order valence-corrected chi connectivity index (χ4v) is 14.3. The lowest BCUT2D eigenvalue weighted by atomic mass is 9.34. The molecule has 16 unspecified atom stereocenters. The first-order valence-corrected chi connectivity index (χ1v) is 21.2. The molecule has 5 aliphatic rings. The molecule has 272 valence electrons. The van der Waals surface area contributed by atoms with Crippen molar-refractivity contribution in [2.75, 3.05) is 0 Å². The standard InChI is InChI=1S/C35H62.5C2H6/c1-14-27-21(7)28(19(4)5)31-32-30-22(8)29-20(6)25(17-18(2)3)15-16-26(29)23(9)33(30,11)24(10)34(27,12)35(31,32)13;5*1-2/h18-32H,14-17H2,1-13H3;5*1-2H3. The molecule has 0 aromatic heterocycles. The highest BCUT2D eigenvalue weighted by atomic mass is 14.9. The quantitative estimate of drug-likeness (QED) is 0.289. The molecule has 5 fully saturated rings. The van der Waals surface area contributed by atoms with Gasteiger partial charge in [-0.2, -0.15) is 0 Å². The van der Waals surface area contributed by atoms with Crippen LogP contribution in [-0.4, -0.2) is 0 Å². The fourth-order valence-electron chi connectivity index (χ4n) is 14.3. The van der Waals surface area contributed by atoms with Crippen molar-refractivity contribution in [1.29, 1.82) is 0 Å². The number of hydrogen-bond donors (Lipinski definition) is 0. The molecule has 0 radical (unpaired) electrons. The maximum absolute atomic E-state index is 2.84. The summed E-state index contributed by atoms with van der Waals surface area (Å²) in [5.74, 6) is 13.6. The van der Waals surface area contributed by atoms with Gasteiger partial charge in [0.05, 0.1) is 0 Å². The van der Waals surface area contributed by atoms with E-state index < -0.39 is 0 Å². The Hall–Kier alpha value is 0. The Morgan fingerprint density at radius 1 is 0.600 bits per heavy atom. The molecule has 5 rings (SSSR count). The molecular weight excluding hydrogens is 540 g/mol. The van der Waals surface area contributed by atoms with Crippen LogP contribution in [0.25, 0.3) is 0 Å². The van der Waals surface area contributed by atoms with Gasteiger partial charge in [-0.15, -0.1) is 0 Å². The van der Waals surface area contributed by atoms with Crippen LogP contribution < -0.4 is 0 Å². The molecule has 0 bridgehead atoms. The minimum absolute atomic E-state index is 0.494. The van der Waals surface area contributed by atoms with Gasteiger partial charge in [-0.3, -0.25) is 0 Å². The Balaban J connectivity index is 0.00000177. The first kappa shape index (κ1) is 45.0. The van der Waals surface area contributed by atoms with E-state index in [1.807, 2.05) is 69.2 Å². The van der Waals surface area contributed by atoms with Crippen molar-refractivity contribution in [2.45, 2.75) is 185 Å². The molecule has 0 heterocycles. The Morgan fingerprint density at radius 2 is 1.09 bits per heavy atom. The van der Waals surface area contributed by atoms with Crippen LogP contribution in [0.3, 0.4) is 0 Å². The lowest BCUT2D eigenvalue weighted by molar-refractivity contribution is -0.226. The summed E-state index contributed by atoms with van der Waals surface area (Å²) in [6.45, 7) is 54.7. The second kappa shape index (κ2) is 18.1. The summed E-state index contributed by atoms with van der Waals surface area (Å²) in [6, 6.07) is 0. The first-order chi connectivity index (χ1) is 21.2. The van der Waals surface area contributed by atoms with Gasteiger partial charge in [0.15, 0.2) is 0 Å². The topological polar surface area (TPSA) is 0 Å². The van der Waals surface area contributed by atoms with Crippen LogP contribution in [0.4, 0.5) is 0 Å². The molecule has 0 spiro atoms. The van der Waals surface area contributed by atoms with E-state index in [4.69, 9.17) is 0 Å². The summed E-state index contributed by atoms with van der Waals surface area (Å²) >= 11 is 0. The molecule has 45 heavy (non-hydrogen) atoms. The van der Waals surface area contributed by atoms with Gasteiger partial charge in [0, 0.05) is 0 Å². The van der Waals surface area contributed by atoms with Gasteiger partial charge in [0.2, 0.25) is 0 Å². The zero-order chi connectivity index (χ0) is 36.0. The smallest absolute Gasteiger partial charge is 0.0198 e. The molecule has 0 nitrogen and oxygen atoms in total.